The van der Waals surface area contributed by atoms with Gasteiger partial charge in [-0.1, -0.05) is 12.1 Å². The molecule has 3 heterocycles. The van der Waals surface area contributed by atoms with Crippen LogP contribution in [0.1, 0.15) is 31.7 Å². The van der Waals surface area contributed by atoms with E-state index in [1.165, 1.54) is 6.33 Å². The Morgan fingerprint density at radius 3 is 2.83 bits per heavy atom. The lowest BCUT2D eigenvalue weighted by molar-refractivity contribution is -0.130. The van der Waals surface area contributed by atoms with Crippen molar-refractivity contribution in [3.8, 4) is 0 Å². The normalized spacial score (nSPS) is 14.8. The molecule has 1 saturated heterocycles. The Morgan fingerprint density at radius 2 is 2.03 bits per heavy atom. The van der Waals surface area contributed by atoms with Crippen LogP contribution in [0.15, 0.2) is 36.8 Å². The Hall–Kier alpha value is -3.29. The number of likely N-dealkylation sites (tertiary alicyclic amines) is 1. The van der Waals surface area contributed by atoms with E-state index in [1.54, 1.807) is 6.20 Å². The van der Waals surface area contributed by atoms with Crippen LogP contribution in [0.5, 0.6) is 0 Å². The maximum atomic E-state index is 12.4. The highest BCUT2D eigenvalue weighted by Crippen LogP contribution is 2.22. The largest absolute Gasteiger partial charge is 0.351 e. The van der Waals surface area contributed by atoms with E-state index >= 15 is 0 Å². The second kappa shape index (κ2) is 8.38. The number of hydrogen-bond donors (Lipinski definition) is 2. The standard InChI is InChI=1S/C21H25N7O/c1-14-6-5-7-16(10-14)26-20-19-17(23-13-24-20)12-22-21(27-19)25-15(2)11-18(29)28-8-3-4-9-28/h5-7,10,12-13,15H,3-4,8-9,11H2,1-2H3,(H,22,25,27)(H,23,24,26). The molecule has 150 valence electrons. The smallest absolute Gasteiger partial charge is 0.224 e. The Bertz CT molecular complexity index is 1020. The SMILES string of the molecule is Cc1cccc(Nc2ncnc3cnc(NC(C)CC(=O)N4CCCC4)nc23)c1. The minimum absolute atomic E-state index is 0.0710. The third kappa shape index (κ3) is 4.59. The summed E-state index contributed by atoms with van der Waals surface area (Å²) in [5.74, 6) is 1.25. The Morgan fingerprint density at radius 1 is 1.21 bits per heavy atom. The molecule has 1 aliphatic rings. The Balaban J connectivity index is 1.51. The quantitative estimate of drug-likeness (QED) is 0.666. The number of carbonyl (C=O) groups is 1. The minimum Gasteiger partial charge on any atom is -0.351 e. The predicted molar refractivity (Wildman–Crippen MR) is 113 cm³/mol. The fourth-order valence-corrected chi connectivity index (χ4v) is 3.50. The third-order valence-corrected chi connectivity index (χ3v) is 4.97. The topological polar surface area (TPSA) is 95.9 Å². The minimum atomic E-state index is -0.0710. The number of hydrogen-bond acceptors (Lipinski definition) is 7. The summed E-state index contributed by atoms with van der Waals surface area (Å²) in [6.07, 6.45) is 5.77. The first-order valence-electron chi connectivity index (χ1n) is 9.94. The van der Waals surface area contributed by atoms with Gasteiger partial charge in [-0.15, -0.1) is 0 Å². The fraction of sp³-hybridized carbons (Fsp3) is 0.381. The van der Waals surface area contributed by atoms with Crippen molar-refractivity contribution in [3.63, 3.8) is 0 Å². The van der Waals surface area contributed by atoms with Crippen LogP contribution in [0.2, 0.25) is 0 Å². The predicted octanol–water partition coefficient (Wildman–Crippen LogP) is 3.28. The van der Waals surface area contributed by atoms with E-state index < -0.39 is 0 Å². The first-order valence-corrected chi connectivity index (χ1v) is 9.94. The number of amides is 1. The van der Waals surface area contributed by atoms with Crippen molar-refractivity contribution < 1.29 is 4.79 Å². The summed E-state index contributed by atoms with van der Waals surface area (Å²) in [6.45, 7) is 5.74. The van der Waals surface area contributed by atoms with E-state index in [2.05, 4.69) is 30.6 Å². The summed E-state index contributed by atoms with van der Waals surface area (Å²) < 4.78 is 0. The van der Waals surface area contributed by atoms with Crippen LogP contribution in [-0.4, -0.2) is 49.9 Å². The van der Waals surface area contributed by atoms with E-state index in [0.717, 1.165) is 37.2 Å². The van der Waals surface area contributed by atoms with Crippen molar-refractivity contribution in [2.75, 3.05) is 23.7 Å². The molecule has 0 aliphatic carbocycles. The molecule has 4 rings (SSSR count). The number of aromatic nitrogens is 4. The molecule has 0 spiro atoms. The summed E-state index contributed by atoms with van der Waals surface area (Å²) >= 11 is 0. The summed E-state index contributed by atoms with van der Waals surface area (Å²) in [6, 6.07) is 7.98. The van der Waals surface area contributed by atoms with E-state index in [9.17, 15) is 4.79 Å². The van der Waals surface area contributed by atoms with E-state index in [4.69, 9.17) is 0 Å². The maximum Gasteiger partial charge on any atom is 0.224 e. The molecule has 8 heteroatoms. The fourth-order valence-electron chi connectivity index (χ4n) is 3.50. The zero-order valence-electron chi connectivity index (χ0n) is 16.7. The lowest BCUT2D eigenvalue weighted by atomic mass is 10.2. The van der Waals surface area contributed by atoms with Gasteiger partial charge in [-0.25, -0.2) is 19.9 Å². The molecule has 29 heavy (non-hydrogen) atoms. The van der Waals surface area contributed by atoms with Crippen molar-refractivity contribution in [1.82, 2.24) is 24.8 Å². The van der Waals surface area contributed by atoms with Gasteiger partial charge in [0.05, 0.1) is 6.20 Å². The number of fused-ring (bicyclic) bond motifs is 1. The molecule has 1 fully saturated rings. The highest BCUT2D eigenvalue weighted by atomic mass is 16.2. The van der Waals surface area contributed by atoms with Crippen molar-refractivity contribution >= 4 is 34.4 Å². The van der Waals surface area contributed by atoms with Crippen LogP contribution in [0, 0.1) is 6.92 Å². The van der Waals surface area contributed by atoms with E-state index in [0.29, 0.717) is 29.2 Å². The van der Waals surface area contributed by atoms with Crippen LogP contribution in [0.25, 0.3) is 11.0 Å². The number of carbonyl (C=O) groups excluding carboxylic acids is 1. The second-order valence-electron chi connectivity index (χ2n) is 7.48. The molecule has 0 saturated carbocycles. The first-order chi connectivity index (χ1) is 14.1. The average Bonchev–Trinajstić information content (AvgIpc) is 3.23. The number of aryl methyl sites for hydroxylation is 1. The number of nitrogens with zero attached hydrogens (tertiary/aromatic N) is 5. The van der Waals surface area contributed by atoms with Crippen molar-refractivity contribution in [2.24, 2.45) is 0 Å². The molecular weight excluding hydrogens is 366 g/mol. The Kier molecular flexibility index (Phi) is 5.50. The van der Waals surface area contributed by atoms with Crippen molar-refractivity contribution in [2.45, 2.75) is 39.2 Å². The van der Waals surface area contributed by atoms with Gasteiger partial charge in [-0.3, -0.25) is 4.79 Å². The summed E-state index contributed by atoms with van der Waals surface area (Å²) in [5, 5.41) is 6.54. The van der Waals surface area contributed by atoms with Gasteiger partial charge in [0, 0.05) is 31.2 Å². The monoisotopic (exact) mass is 391 g/mol. The highest BCUT2D eigenvalue weighted by molar-refractivity contribution is 5.87. The molecule has 3 aromatic rings. The first kappa shape index (κ1) is 19.0. The van der Waals surface area contributed by atoms with Gasteiger partial charge >= 0.3 is 0 Å². The van der Waals surface area contributed by atoms with Crippen LogP contribution in [0.3, 0.4) is 0 Å². The van der Waals surface area contributed by atoms with Crippen LogP contribution in [0.4, 0.5) is 17.5 Å². The highest BCUT2D eigenvalue weighted by Gasteiger charge is 2.20. The Labute approximate surface area is 169 Å². The zero-order chi connectivity index (χ0) is 20.2. The van der Waals surface area contributed by atoms with Gasteiger partial charge in [0.15, 0.2) is 5.82 Å². The summed E-state index contributed by atoms with van der Waals surface area (Å²) in [7, 11) is 0. The van der Waals surface area contributed by atoms with Gasteiger partial charge in [-0.05, 0) is 44.4 Å². The summed E-state index contributed by atoms with van der Waals surface area (Å²) in [4.78, 5) is 31.8. The van der Waals surface area contributed by atoms with Gasteiger partial charge in [-0.2, -0.15) is 0 Å². The van der Waals surface area contributed by atoms with Gasteiger partial charge in [0.2, 0.25) is 11.9 Å². The van der Waals surface area contributed by atoms with E-state index in [-0.39, 0.29) is 11.9 Å². The molecule has 0 bridgehead atoms. The molecular formula is C21H25N7O. The molecule has 0 radical (unpaired) electrons. The average molecular weight is 391 g/mol. The molecule has 1 amide bonds. The van der Waals surface area contributed by atoms with Crippen molar-refractivity contribution in [3.05, 3.63) is 42.4 Å². The summed E-state index contributed by atoms with van der Waals surface area (Å²) in [5.41, 5.74) is 3.37. The van der Waals surface area contributed by atoms with Crippen LogP contribution in [-0.2, 0) is 4.79 Å². The molecule has 1 unspecified atom stereocenters. The van der Waals surface area contributed by atoms with Crippen molar-refractivity contribution in [1.29, 1.82) is 0 Å². The number of benzene rings is 1. The maximum absolute atomic E-state index is 12.4. The molecule has 1 aromatic carbocycles. The lowest BCUT2D eigenvalue weighted by Crippen LogP contribution is -2.32. The molecule has 8 nitrogen and oxygen atoms in total. The van der Waals surface area contributed by atoms with Gasteiger partial charge in [0.25, 0.3) is 0 Å². The number of rotatable bonds is 6. The van der Waals surface area contributed by atoms with E-state index in [1.807, 2.05) is 43.0 Å². The zero-order valence-corrected chi connectivity index (χ0v) is 16.7. The van der Waals surface area contributed by atoms with Crippen LogP contribution < -0.4 is 10.6 Å². The molecule has 1 aliphatic heterocycles. The number of anilines is 3. The van der Waals surface area contributed by atoms with Gasteiger partial charge in [0.1, 0.15) is 17.4 Å². The third-order valence-electron chi connectivity index (χ3n) is 4.97. The molecule has 2 N–H and O–H groups in total. The number of nitrogens with one attached hydrogen (secondary N) is 2. The van der Waals surface area contributed by atoms with Gasteiger partial charge < -0.3 is 15.5 Å². The second-order valence-corrected chi connectivity index (χ2v) is 7.48. The molecule has 1 atom stereocenters. The van der Waals surface area contributed by atoms with Crippen LogP contribution >= 0.6 is 0 Å². The molecule has 2 aromatic heterocycles. The lowest BCUT2D eigenvalue weighted by Gasteiger charge is -2.19.